The number of hydrogen-bond acceptors (Lipinski definition) is 8. The number of aliphatic hydroxyl groups is 1. The molecule has 32 heavy (non-hydrogen) atoms. The Morgan fingerprint density at radius 2 is 1.94 bits per heavy atom. The van der Waals surface area contributed by atoms with Crippen molar-refractivity contribution in [1.82, 2.24) is 10.3 Å². The lowest BCUT2D eigenvalue weighted by molar-refractivity contribution is -0.151. The third-order valence-electron chi connectivity index (χ3n) is 6.56. The first kappa shape index (κ1) is 24.3. The molecule has 1 aliphatic carbocycles. The Morgan fingerprint density at radius 3 is 2.50 bits per heavy atom. The number of esters is 1. The van der Waals surface area contributed by atoms with Crippen LogP contribution in [0.2, 0.25) is 0 Å². The van der Waals surface area contributed by atoms with Crippen LogP contribution >= 0.6 is 0 Å². The Hall–Kier alpha value is -2.39. The van der Waals surface area contributed by atoms with Gasteiger partial charge in [-0.1, -0.05) is 13.8 Å². The van der Waals surface area contributed by atoms with Gasteiger partial charge in [0.05, 0.1) is 19.3 Å². The second-order valence-electron chi connectivity index (χ2n) is 8.50. The molecule has 2 heterocycles. The van der Waals surface area contributed by atoms with Gasteiger partial charge in [-0.25, -0.2) is 9.78 Å². The molecule has 2 aliphatic rings. The zero-order valence-corrected chi connectivity index (χ0v) is 19.4. The van der Waals surface area contributed by atoms with Crippen LogP contribution in [0.25, 0.3) is 0 Å². The molecule has 0 bridgehead atoms. The average Bonchev–Trinajstić information content (AvgIpc) is 3.54. The summed E-state index contributed by atoms with van der Waals surface area (Å²) in [6, 6.07) is 3.47. The highest BCUT2D eigenvalue weighted by molar-refractivity contribution is 5.97. The van der Waals surface area contributed by atoms with Gasteiger partial charge in [0, 0.05) is 26.8 Å². The predicted molar refractivity (Wildman–Crippen MR) is 119 cm³/mol. The number of pyridine rings is 1. The van der Waals surface area contributed by atoms with Gasteiger partial charge in [-0.15, -0.1) is 0 Å². The van der Waals surface area contributed by atoms with E-state index in [0.29, 0.717) is 31.2 Å². The van der Waals surface area contributed by atoms with Crippen molar-refractivity contribution in [2.45, 2.75) is 51.7 Å². The monoisotopic (exact) mass is 449 g/mol. The largest absolute Gasteiger partial charge is 0.476 e. The van der Waals surface area contributed by atoms with Crippen LogP contribution in [0.15, 0.2) is 12.1 Å². The van der Waals surface area contributed by atoms with E-state index in [1.807, 2.05) is 19.9 Å². The van der Waals surface area contributed by atoms with Crippen molar-refractivity contribution >= 4 is 17.6 Å². The number of nitrogens with one attached hydrogen (secondary N) is 1. The molecule has 9 nitrogen and oxygen atoms in total. The van der Waals surface area contributed by atoms with E-state index in [4.69, 9.17) is 14.2 Å². The highest BCUT2D eigenvalue weighted by Gasteiger charge is 2.40. The summed E-state index contributed by atoms with van der Waals surface area (Å²) in [7, 11) is 1.69. The fourth-order valence-electron chi connectivity index (χ4n) is 3.93. The van der Waals surface area contributed by atoms with E-state index in [2.05, 4.69) is 15.2 Å². The van der Waals surface area contributed by atoms with Crippen molar-refractivity contribution in [2.75, 3.05) is 44.9 Å². The summed E-state index contributed by atoms with van der Waals surface area (Å²) in [5.41, 5.74) is -0.115. The van der Waals surface area contributed by atoms with Gasteiger partial charge in [0.1, 0.15) is 16.9 Å². The Labute approximate surface area is 189 Å². The molecule has 0 spiro atoms. The van der Waals surface area contributed by atoms with Crippen molar-refractivity contribution in [3.05, 3.63) is 17.8 Å². The topological polar surface area (TPSA) is 110 Å². The quantitative estimate of drug-likeness (QED) is 0.465. The standard InChI is InChI=1S/C23H35N3O6/c1-5-23(6-2,22(29)31-7-3)25-20(28)18-8-9-19(26-11-17(12-26)30-4)21(24-18)32-14-16-10-15(16)13-27/h8-9,15-17,27H,5-7,10-14H2,1-4H3,(H,25,28)/t15-,16-/m1/s1. The fraction of sp³-hybridized carbons (Fsp3) is 0.696. The van der Waals surface area contributed by atoms with E-state index in [0.717, 1.165) is 25.2 Å². The number of methoxy groups -OCH3 is 1. The van der Waals surface area contributed by atoms with E-state index < -0.39 is 17.4 Å². The first-order valence-corrected chi connectivity index (χ1v) is 11.4. The predicted octanol–water partition coefficient (Wildman–Crippen LogP) is 1.78. The van der Waals surface area contributed by atoms with E-state index in [-0.39, 0.29) is 30.9 Å². The molecule has 9 heteroatoms. The summed E-state index contributed by atoms with van der Waals surface area (Å²) in [6.45, 7) is 7.71. The second-order valence-corrected chi connectivity index (χ2v) is 8.50. The number of aromatic nitrogens is 1. The number of carbonyl (C=O) groups excluding carboxylic acids is 2. The lowest BCUT2D eigenvalue weighted by Gasteiger charge is -2.40. The van der Waals surface area contributed by atoms with Gasteiger partial charge in [-0.2, -0.15) is 0 Å². The summed E-state index contributed by atoms with van der Waals surface area (Å²) in [5, 5.41) is 12.1. The van der Waals surface area contributed by atoms with Gasteiger partial charge < -0.3 is 29.5 Å². The lowest BCUT2D eigenvalue weighted by Crippen LogP contribution is -2.54. The number of aliphatic hydroxyl groups excluding tert-OH is 1. The third kappa shape index (κ3) is 5.15. The molecule has 0 aromatic carbocycles. The molecule has 1 aliphatic heterocycles. The maximum Gasteiger partial charge on any atom is 0.331 e. The van der Waals surface area contributed by atoms with Crippen molar-refractivity contribution in [1.29, 1.82) is 0 Å². The Kier molecular flexibility index (Phi) is 7.95. The molecule has 1 saturated heterocycles. The highest BCUT2D eigenvalue weighted by atomic mass is 16.5. The minimum Gasteiger partial charge on any atom is -0.476 e. The Balaban J connectivity index is 1.78. The van der Waals surface area contributed by atoms with Crippen molar-refractivity contribution in [3.8, 4) is 5.88 Å². The van der Waals surface area contributed by atoms with Gasteiger partial charge >= 0.3 is 5.97 Å². The number of nitrogens with zero attached hydrogens (tertiary/aromatic N) is 2. The normalized spacial score (nSPS) is 20.5. The molecule has 1 amide bonds. The summed E-state index contributed by atoms with van der Waals surface area (Å²) >= 11 is 0. The summed E-state index contributed by atoms with van der Waals surface area (Å²) < 4.78 is 16.6. The number of carbonyl (C=O) groups is 2. The van der Waals surface area contributed by atoms with Crippen molar-refractivity contribution < 1.29 is 28.9 Å². The highest BCUT2D eigenvalue weighted by Crippen LogP contribution is 2.39. The summed E-state index contributed by atoms with van der Waals surface area (Å²) in [5.74, 6) is 0.0566. The van der Waals surface area contributed by atoms with Crippen LogP contribution in [-0.4, -0.2) is 73.6 Å². The van der Waals surface area contributed by atoms with Crippen LogP contribution in [-0.2, 0) is 14.3 Å². The zero-order chi connectivity index (χ0) is 23.3. The lowest BCUT2D eigenvalue weighted by atomic mass is 9.92. The van der Waals surface area contributed by atoms with E-state index in [1.165, 1.54) is 0 Å². The van der Waals surface area contributed by atoms with E-state index >= 15 is 0 Å². The van der Waals surface area contributed by atoms with Crippen LogP contribution in [0.3, 0.4) is 0 Å². The molecule has 0 unspecified atom stereocenters. The van der Waals surface area contributed by atoms with E-state index in [9.17, 15) is 14.7 Å². The molecule has 1 aromatic heterocycles. The van der Waals surface area contributed by atoms with E-state index in [1.54, 1.807) is 20.1 Å². The van der Waals surface area contributed by atoms with Crippen molar-refractivity contribution in [2.24, 2.45) is 11.8 Å². The van der Waals surface area contributed by atoms with Gasteiger partial charge in [-0.05, 0) is 50.2 Å². The van der Waals surface area contributed by atoms with Crippen LogP contribution in [0, 0.1) is 11.8 Å². The van der Waals surface area contributed by atoms with Gasteiger partial charge in [0.15, 0.2) is 0 Å². The number of amides is 1. The molecule has 2 N–H and O–H groups in total. The van der Waals surface area contributed by atoms with Gasteiger partial charge in [0.25, 0.3) is 5.91 Å². The molecule has 3 rings (SSSR count). The summed E-state index contributed by atoms with van der Waals surface area (Å²) in [6.07, 6.45) is 1.90. The van der Waals surface area contributed by atoms with Gasteiger partial charge in [-0.3, -0.25) is 4.79 Å². The maximum atomic E-state index is 13.0. The molecular weight excluding hydrogens is 414 g/mol. The van der Waals surface area contributed by atoms with Crippen LogP contribution in [0.4, 0.5) is 5.69 Å². The minimum absolute atomic E-state index is 0.155. The third-order valence-corrected chi connectivity index (χ3v) is 6.56. The molecule has 2 fully saturated rings. The molecule has 2 atom stereocenters. The first-order chi connectivity index (χ1) is 15.4. The number of anilines is 1. The first-order valence-electron chi connectivity index (χ1n) is 11.4. The average molecular weight is 450 g/mol. The Bertz CT molecular complexity index is 807. The van der Waals surface area contributed by atoms with Crippen LogP contribution < -0.4 is 15.0 Å². The molecule has 0 radical (unpaired) electrons. The van der Waals surface area contributed by atoms with Gasteiger partial charge in [0.2, 0.25) is 5.88 Å². The maximum absolute atomic E-state index is 13.0. The van der Waals surface area contributed by atoms with Crippen LogP contribution in [0.5, 0.6) is 5.88 Å². The fourth-order valence-corrected chi connectivity index (χ4v) is 3.93. The molecule has 178 valence electrons. The molecule has 1 aromatic rings. The van der Waals surface area contributed by atoms with Crippen LogP contribution in [0.1, 0.15) is 50.5 Å². The summed E-state index contributed by atoms with van der Waals surface area (Å²) in [4.78, 5) is 32.2. The number of hydrogen-bond donors (Lipinski definition) is 2. The number of ether oxygens (including phenoxy) is 3. The Morgan fingerprint density at radius 1 is 1.22 bits per heavy atom. The zero-order valence-electron chi connectivity index (χ0n) is 19.4. The molecular formula is C23H35N3O6. The SMILES string of the molecule is CCOC(=O)C(CC)(CC)NC(=O)c1ccc(N2CC(OC)C2)c(OC[C@H]2C[C@@H]2CO)n1. The smallest absolute Gasteiger partial charge is 0.331 e. The second kappa shape index (κ2) is 10.5. The molecule has 1 saturated carbocycles. The van der Waals surface area contributed by atoms with Crippen molar-refractivity contribution in [3.63, 3.8) is 0 Å². The number of rotatable bonds is 12. The minimum atomic E-state index is -1.10.